The van der Waals surface area contributed by atoms with Gasteiger partial charge in [0.25, 0.3) is 0 Å². The molecule has 0 unspecified atom stereocenters. The van der Waals surface area contributed by atoms with Crippen LogP contribution in [0.3, 0.4) is 0 Å². The minimum absolute atomic E-state index is 0.0475. The highest BCUT2D eigenvalue weighted by Gasteiger charge is 2.13. The summed E-state index contributed by atoms with van der Waals surface area (Å²) in [6.45, 7) is 0.430. The van der Waals surface area contributed by atoms with E-state index >= 15 is 0 Å². The van der Waals surface area contributed by atoms with E-state index in [-0.39, 0.29) is 10.9 Å². The minimum atomic E-state index is -0.809. The summed E-state index contributed by atoms with van der Waals surface area (Å²) in [7, 11) is 3.75. The van der Waals surface area contributed by atoms with Gasteiger partial charge in [-0.15, -0.1) is 11.8 Å². The van der Waals surface area contributed by atoms with Crippen LogP contribution in [-0.2, 0) is 5.75 Å². The largest absolute Gasteiger partial charge is 0.505 e. The Balaban J connectivity index is 2.72. The second-order valence-corrected chi connectivity index (χ2v) is 5.03. The van der Waals surface area contributed by atoms with Gasteiger partial charge < -0.3 is 10.8 Å². The Kier molecular flexibility index (Phi) is 5.17. The maximum absolute atomic E-state index is 13.4. The van der Waals surface area contributed by atoms with Crippen LogP contribution in [0.1, 0.15) is 5.56 Å². The van der Waals surface area contributed by atoms with Crippen molar-refractivity contribution in [2.75, 3.05) is 20.6 Å². The molecule has 1 aromatic carbocycles. The molecule has 0 aliphatic carbocycles. The van der Waals surface area contributed by atoms with Crippen molar-refractivity contribution in [1.29, 1.82) is 0 Å². The number of phenolic OH excluding ortho intramolecular Hbond substituents is 1. The molecule has 0 aliphatic heterocycles. The zero-order valence-electron chi connectivity index (χ0n) is 9.78. The number of benzene rings is 1. The zero-order valence-corrected chi connectivity index (χ0v) is 10.6. The van der Waals surface area contributed by atoms with Crippen LogP contribution >= 0.6 is 11.8 Å². The Morgan fingerprint density at radius 2 is 2.00 bits per heavy atom. The number of thioether (sulfide) groups is 1. The van der Waals surface area contributed by atoms with E-state index in [9.17, 15) is 8.78 Å². The molecule has 96 valence electrons. The lowest BCUT2D eigenvalue weighted by atomic mass is 10.2. The molecule has 0 aromatic heterocycles. The van der Waals surface area contributed by atoms with Gasteiger partial charge in [0.15, 0.2) is 11.6 Å². The Morgan fingerprint density at radius 1 is 1.35 bits per heavy atom. The molecule has 1 rings (SSSR count). The average Bonchev–Trinajstić information content (AvgIpc) is 2.25. The van der Waals surface area contributed by atoms with E-state index in [1.807, 2.05) is 19.0 Å². The van der Waals surface area contributed by atoms with Crippen molar-refractivity contribution >= 4 is 11.8 Å². The molecule has 0 bridgehead atoms. The predicted molar refractivity (Wildman–Crippen MR) is 65.8 cm³/mol. The first-order valence-corrected chi connectivity index (χ1v) is 6.15. The van der Waals surface area contributed by atoms with Crippen molar-refractivity contribution in [3.8, 4) is 5.75 Å². The van der Waals surface area contributed by atoms with Crippen molar-refractivity contribution in [3.05, 3.63) is 29.3 Å². The fourth-order valence-corrected chi connectivity index (χ4v) is 2.33. The number of hydrogen-bond acceptors (Lipinski definition) is 4. The minimum Gasteiger partial charge on any atom is -0.505 e. The molecule has 0 saturated heterocycles. The maximum Gasteiger partial charge on any atom is 0.165 e. The molecule has 3 N–H and O–H groups in total. The van der Waals surface area contributed by atoms with Crippen LogP contribution in [0.2, 0.25) is 0 Å². The Morgan fingerprint density at radius 3 is 2.53 bits per heavy atom. The van der Waals surface area contributed by atoms with E-state index in [1.165, 1.54) is 11.8 Å². The number of rotatable bonds is 5. The number of phenols is 1. The van der Waals surface area contributed by atoms with Crippen LogP contribution in [-0.4, -0.2) is 36.0 Å². The van der Waals surface area contributed by atoms with Crippen LogP contribution in [0.25, 0.3) is 0 Å². The molecule has 0 amide bonds. The van der Waals surface area contributed by atoms with Crippen LogP contribution < -0.4 is 5.73 Å². The van der Waals surface area contributed by atoms with E-state index in [0.29, 0.717) is 12.3 Å². The average molecular weight is 262 g/mol. The zero-order chi connectivity index (χ0) is 13.0. The lowest BCUT2D eigenvalue weighted by molar-refractivity contribution is 0.388. The summed E-state index contributed by atoms with van der Waals surface area (Å²) in [6, 6.07) is 1.80. The van der Waals surface area contributed by atoms with Gasteiger partial charge in [-0.3, -0.25) is 4.90 Å². The van der Waals surface area contributed by atoms with Crippen molar-refractivity contribution in [2.45, 2.75) is 11.1 Å². The molecule has 0 spiro atoms. The Bertz CT molecular complexity index is 388. The van der Waals surface area contributed by atoms with E-state index in [4.69, 9.17) is 10.8 Å². The Labute approximate surface area is 104 Å². The second-order valence-electron chi connectivity index (χ2n) is 3.86. The molecule has 1 atom stereocenters. The third-order valence-corrected chi connectivity index (χ3v) is 3.80. The molecule has 17 heavy (non-hydrogen) atoms. The van der Waals surface area contributed by atoms with Crippen LogP contribution in [0.4, 0.5) is 8.78 Å². The standard InChI is InChI=1S/C11H16F2N2OS/c1-15(2)11(5-14)17-6-7-3-9(13)10(16)4-8(7)12/h3-4,11,16H,5-6,14H2,1-2H3/t11-/m0/s1. The monoisotopic (exact) mass is 262 g/mol. The summed E-state index contributed by atoms with van der Waals surface area (Å²) in [4.78, 5) is 1.92. The molecule has 0 heterocycles. The summed E-state index contributed by atoms with van der Waals surface area (Å²) >= 11 is 1.42. The first kappa shape index (κ1) is 14.2. The second kappa shape index (κ2) is 6.18. The van der Waals surface area contributed by atoms with Crippen molar-refractivity contribution < 1.29 is 13.9 Å². The molecule has 0 aliphatic rings. The fraction of sp³-hybridized carbons (Fsp3) is 0.455. The van der Waals surface area contributed by atoms with Gasteiger partial charge >= 0.3 is 0 Å². The normalized spacial score (nSPS) is 13.1. The topological polar surface area (TPSA) is 49.5 Å². The van der Waals surface area contributed by atoms with Gasteiger partial charge in [0, 0.05) is 23.9 Å². The highest BCUT2D eigenvalue weighted by Crippen LogP contribution is 2.25. The highest BCUT2D eigenvalue weighted by molar-refractivity contribution is 7.99. The first-order valence-electron chi connectivity index (χ1n) is 5.10. The Hall–Kier alpha value is -0.850. The van der Waals surface area contributed by atoms with E-state index < -0.39 is 17.4 Å². The van der Waals surface area contributed by atoms with Gasteiger partial charge in [0.2, 0.25) is 0 Å². The fourth-order valence-electron chi connectivity index (χ4n) is 1.30. The van der Waals surface area contributed by atoms with Crippen molar-refractivity contribution in [2.24, 2.45) is 5.73 Å². The molecular weight excluding hydrogens is 246 g/mol. The van der Waals surface area contributed by atoms with Gasteiger partial charge in [0.05, 0.1) is 5.37 Å². The molecule has 6 heteroatoms. The molecule has 0 saturated carbocycles. The van der Waals surface area contributed by atoms with Crippen LogP contribution in [0.5, 0.6) is 5.75 Å². The van der Waals surface area contributed by atoms with Crippen molar-refractivity contribution in [3.63, 3.8) is 0 Å². The third-order valence-electron chi connectivity index (χ3n) is 2.32. The van der Waals surface area contributed by atoms with Gasteiger partial charge in [-0.05, 0) is 20.2 Å². The molecule has 1 aromatic rings. The number of aromatic hydroxyl groups is 1. The van der Waals surface area contributed by atoms with E-state index in [1.54, 1.807) is 0 Å². The quantitative estimate of drug-likeness (QED) is 0.794. The third kappa shape index (κ3) is 3.83. The SMILES string of the molecule is CN(C)[C@H](CN)SCc1cc(F)c(O)cc1F. The van der Waals surface area contributed by atoms with Gasteiger partial charge in [-0.25, -0.2) is 8.78 Å². The van der Waals surface area contributed by atoms with E-state index in [2.05, 4.69) is 0 Å². The lowest BCUT2D eigenvalue weighted by Crippen LogP contribution is -2.32. The number of halogens is 2. The van der Waals surface area contributed by atoms with E-state index in [0.717, 1.165) is 12.1 Å². The van der Waals surface area contributed by atoms with Gasteiger partial charge in [-0.1, -0.05) is 0 Å². The predicted octanol–water partition coefficient (Wildman–Crippen LogP) is 1.75. The molecular formula is C11H16F2N2OS. The van der Waals surface area contributed by atoms with Gasteiger partial charge in [0.1, 0.15) is 5.82 Å². The molecule has 3 nitrogen and oxygen atoms in total. The summed E-state index contributed by atoms with van der Waals surface area (Å²) in [6.07, 6.45) is 0. The summed E-state index contributed by atoms with van der Waals surface area (Å²) in [5, 5.41) is 9.03. The number of nitrogens with two attached hydrogens (primary N) is 1. The molecule has 0 radical (unpaired) electrons. The van der Waals surface area contributed by atoms with Crippen molar-refractivity contribution in [1.82, 2.24) is 4.90 Å². The summed E-state index contributed by atoms with van der Waals surface area (Å²) in [5.74, 6) is -1.77. The number of nitrogens with zero attached hydrogens (tertiary/aromatic N) is 1. The number of likely N-dealkylation sites (N-methyl/N-ethyl adjacent to an activating group) is 1. The smallest absolute Gasteiger partial charge is 0.165 e. The summed E-state index contributed by atoms with van der Waals surface area (Å²) < 4.78 is 26.5. The molecule has 0 fully saturated rings. The maximum atomic E-state index is 13.4. The lowest BCUT2D eigenvalue weighted by Gasteiger charge is -2.22. The first-order chi connectivity index (χ1) is 7.95. The van der Waals surface area contributed by atoms with Crippen LogP contribution in [0, 0.1) is 11.6 Å². The summed E-state index contributed by atoms with van der Waals surface area (Å²) in [5.41, 5.74) is 5.79. The number of hydrogen-bond donors (Lipinski definition) is 2. The highest BCUT2D eigenvalue weighted by atomic mass is 32.2. The van der Waals surface area contributed by atoms with Crippen LogP contribution in [0.15, 0.2) is 12.1 Å². The van der Waals surface area contributed by atoms with Gasteiger partial charge in [-0.2, -0.15) is 0 Å².